The Morgan fingerprint density at radius 3 is 2.89 bits per heavy atom. The molecule has 0 bridgehead atoms. The summed E-state index contributed by atoms with van der Waals surface area (Å²) < 4.78 is 1.89. The van der Waals surface area contributed by atoms with Crippen molar-refractivity contribution >= 4 is 28.6 Å². The number of nitrogens with one attached hydrogen (secondary N) is 2. The summed E-state index contributed by atoms with van der Waals surface area (Å²) in [4.78, 5) is 0. The normalized spacial score (nSPS) is 22.5. The lowest BCUT2D eigenvalue weighted by Gasteiger charge is -2.13. The van der Waals surface area contributed by atoms with Crippen LogP contribution in [0.1, 0.15) is 19.3 Å². The van der Waals surface area contributed by atoms with Crippen LogP contribution in [0.4, 0.5) is 11.5 Å². The van der Waals surface area contributed by atoms with Gasteiger partial charge in [-0.3, -0.25) is 0 Å². The molecule has 1 aliphatic heterocycles. The van der Waals surface area contributed by atoms with Crippen LogP contribution in [-0.2, 0) is 0 Å². The summed E-state index contributed by atoms with van der Waals surface area (Å²) in [6.07, 6.45) is 5.87. The highest BCUT2D eigenvalue weighted by Crippen LogP contribution is 2.37. The van der Waals surface area contributed by atoms with E-state index in [1.807, 2.05) is 10.6 Å². The lowest BCUT2D eigenvalue weighted by molar-refractivity contribution is 0.502. The van der Waals surface area contributed by atoms with E-state index in [1.54, 1.807) is 6.20 Å². The maximum absolute atomic E-state index is 6.13. The van der Waals surface area contributed by atoms with E-state index in [2.05, 4.69) is 21.8 Å². The SMILES string of the molecule is Clc1cnn2c3c(ccc12)NCC(CC1CC1)CN3. The van der Waals surface area contributed by atoms with Gasteiger partial charge in [-0.1, -0.05) is 24.4 Å². The minimum absolute atomic E-state index is 0.695. The molecule has 0 saturated heterocycles. The molecule has 100 valence electrons. The number of hydrogen-bond acceptors (Lipinski definition) is 3. The van der Waals surface area contributed by atoms with Gasteiger partial charge in [0, 0.05) is 13.1 Å². The molecule has 1 unspecified atom stereocenters. The summed E-state index contributed by atoms with van der Waals surface area (Å²) in [7, 11) is 0. The molecular formula is C14H17ClN4. The maximum atomic E-state index is 6.13. The molecule has 2 aromatic rings. The quantitative estimate of drug-likeness (QED) is 0.885. The second-order valence-electron chi connectivity index (χ2n) is 5.69. The van der Waals surface area contributed by atoms with Crippen LogP contribution in [-0.4, -0.2) is 22.7 Å². The van der Waals surface area contributed by atoms with Crippen molar-refractivity contribution in [1.82, 2.24) is 9.61 Å². The molecule has 2 aromatic heterocycles. The van der Waals surface area contributed by atoms with E-state index in [9.17, 15) is 0 Å². The lowest BCUT2D eigenvalue weighted by atomic mass is 10.0. The molecule has 4 nitrogen and oxygen atoms in total. The Morgan fingerprint density at radius 1 is 1.21 bits per heavy atom. The Bertz CT molecular complexity index is 617. The van der Waals surface area contributed by atoms with Crippen molar-refractivity contribution in [2.75, 3.05) is 23.7 Å². The largest absolute Gasteiger partial charge is 0.382 e. The lowest BCUT2D eigenvalue weighted by Crippen LogP contribution is -2.19. The van der Waals surface area contributed by atoms with Gasteiger partial charge in [0.25, 0.3) is 0 Å². The molecule has 5 heteroatoms. The third-order valence-corrected chi connectivity index (χ3v) is 4.43. The number of anilines is 2. The van der Waals surface area contributed by atoms with Crippen molar-refractivity contribution in [1.29, 1.82) is 0 Å². The van der Waals surface area contributed by atoms with Gasteiger partial charge in [0.2, 0.25) is 0 Å². The highest BCUT2D eigenvalue weighted by molar-refractivity contribution is 6.33. The van der Waals surface area contributed by atoms with Crippen LogP contribution in [0.3, 0.4) is 0 Å². The zero-order chi connectivity index (χ0) is 12.8. The van der Waals surface area contributed by atoms with Gasteiger partial charge < -0.3 is 10.6 Å². The highest BCUT2D eigenvalue weighted by atomic mass is 35.5. The molecule has 0 radical (unpaired) electrons. The summed E-state index contributed by atoms with van der Waals surface area (Å²) in [5, 5.41) is 12.1. The monoisotopic (exact) mass is 276 g/mol. The summed E-state index contributed by atoms with van der Waals surface area (Å²) in [6.45, 7) is 2.05. The summed E-state index contributed by atoms with van der Waals surface area (Å²) >= 11 is 6.13. The predicted molar refractivity (Wildman–Crippen MR) is 78.0 cm³/mol. The number of halogens is 1. The fourth-order valence-corrected chi connectivity index (χ4v) is 3.08. The van der Waals surface area contributed by atoms with E-state index in [0.29, 0.717) is 10.9 Å². The third kappa shape index (κ3) is 2.04. The Kier molecular flexibility index (Phi) is 2.58. The van der Waals surface area contributed by atoms with Crippen LogP contribution >= 0.6 is 11.6 Å². The second kappa shape index (κ2) is 4.30. The summed E-state index contributed by atoms with van der Waals surface area (Å²) in [5.41, 5.74) is 2.07. The zero-order valence-electron chi connectivity index (χ0n) is 10.7. The van der Waals surface area contributed by atoms with Crippen LogP contribution in [0.25, 0.3) is 5.52 Å². The minimum atomic E-state index is 0.695. The number of aromatic nitrogens is 2. The average molecular weight is 277 g/mol. The number of rotatable bonds is 2. The van der Waals surface area contributed by atoms with Crippen LogP contribution in [0, 0.1) is 11.8 Å². The topological polar surface area (TPSA) is 41.4 Å². The first kappa shape index (κ1) is 11.4. The zero-order valence-corrected chi connectivity index (χ0v) is 11.5. The van der Waals surface area contributed by atoms with Gasteiger partial charge in [-0.25, -0.2) is 4.52 Å². The Morgan fingerprint density at radius 2 is 2.05 bits per heavy atom. The standard InChI is InChI=1S/C14H17ClN4/c15-11-8-18-19-13(11)4-3-12-14(19)17-7-10(6-16-12)5-9-1-2-9/h3-4,8-10,16-17H,1-2,5-7H2. The van der Waals surface area contributed by atoms with Gasteiger partial charge in [-0.05, 0) is 30.4 Å². The van der Waals surface area contributed by atoms with Gasteiger partial charge in [0.05, 0.1) is 22.4 Å². The summed E-state index contributed by atoms with van der Waals surface area (Å²) in [5.74, 6) is 2.69. The van der Waals surface area contributed by atoms with Crippen LogP contribution in [0.2, 0.25) is 5.02 Å². The van der Waals surface area contributed by atoms with E-state index >= 15 is 0 Å². The first-order chi connectivity index (χ1) is 9.31. The molecule has 1 aliphatic carbocycles. The van der Waals surface area contributed by atoms with Crippen molar-refractivity contribution in [3.8, 4) is 0 Å². The first-order valence-electron chi connectivity index (χ1n) is 6.95. The van der Waals surface area contributed by atoms with Crippen molar-refractivity contribution < 1.29 is 0 Å². The van der Waals surface area contributed by atoms with Gasteiger partial charge in [0.15, 0.2) is 5.82 Å². The second-order valence-corrected chi connectivity index (χ2v) is 6.10. The molecular weight excluding hydrogens is 260 g/mol. The van der Waals surface area contributed by atoms with Gasteiger partial charge in [0.1, 0.15) is 0 Å². The predicted octanol–water partition coefficient (Wildman–Crippen LogP) is 3.24. The van der Waals surface area contributed by atoms with E-state index in [-0.39, 0.29) is 0 Å². The molecule has 0 spiro atoms. The number of pyridine rings is 1. The van der Waals surface area contributed by atoms with Gasteiger partial charge >= 0.3 is 0 Å². The van der Waals surface area contributed by atoms with Crippen molar-refractivity contribution in [2.24, 2.45) is 11.8 Å². The Hall–Kier alpha value is -1.42. The van der Waals surface area contributed by atoms with Crippen LogP contribution in [0.15, 0.2) is 18.3 Å². The maximum Gasteiger partial charge on any atom is 0.151 e. The Balaban J connectivity index is 1.65. The number of fused-ring (bicyclic) bond motifs is 3. The van der Waals surface area contributed by atoms with Crippen molar-refractivity contribution in [3.05, 3.63) is 23.4 Å². The molecule has 1 saturated carbocycles. The fourth-order valence-electron chi connectivity index (χ4n) is 2.89. The third-order valence-electron chi connectivity index (χ3n) is 4.14. The first-order valence-corrected chi connectivity index (χ1v) is 7.33. The molecule has 3 heterocycles. The summed E-state index contributed by atoms with van der Waals surface area (Å²) in [6, 6.07) is 4.11. The number of hydrogen-bond donors (Lipinski definition) is 2. The molecule has 0 amide bonds. The van der Waals surface area contributed by atoms with Crippen molar-refractivity contribution in [3.63, 3.8) is 0 Å². The number of nitrogens with zero attached hydrogens (tertiary/aromatic N) is 2. The van der Waals surface area contributed by atoms with Crippen LogP contribution < -0.4 is 10.6 Å². The van der Waals surface area contributed by atoms with E-state index in [1.165, 1.54) is 19.3 Å². The van der Waals surface area contributed by atoms with E-state index in [4.69, 9.17) is 11.6 Å². The molecule has 0 aromatic carbocycles. The highest BCUT2D eigenvalue weighted by Gasteiger charge is 2.27. The smallest absolute Gasteiger partial charge is 0.151 e. The van der Waals surface area contributed by atoms with Crippen molar-refractivity contribution in [2.45, 2.75) is 19.3 Å². The molecule has 2 aliphatic rings. The molecule has 19 heavy (non-hydrogen) atoms. The minimum Gasteiger partial charge on any atom is -0.382 e. The molecule has 1 fully saturated rings. The Labute approximate surface area is 117 Å². The van der Waals surface area contributed by atoms with E-state index in [0.717, 1.165) is 36.0 Å². The molecule has 2 N–H and O–H groups in total. The van der Waals surface area contributed by atoms with Gasteiger partial charge in [-0.2, -0.15) is 5.10 Å². The van der Waals surface area contributed by atoms with E-state index < -0.39 is 0 Å². The molecule has 1 atom stereocenters. The molecule has 4 rings (SSSR count). The average Bonchev–Trinajstić information content (AvgIpc) is 3.19. The van der Waals surface area contributed by atoms with Gasteiger partial charge in [-0.15, -0.1) is 0 Å². The van der Waals surface area contributed by atoms with Crippen LogP contribution in [0.5, 0.6) is 0 Å². The fraction of sp³-hybridized carbons (Fsp3) is 0.500.